The summed E-state index contributed by atoms with van der Waals surface area (Å²) in [6.45, 7) is 2.82. The van der Waals surface area contributed by atoms with Crippen molar-refractivity contribution in [2.24, 2.45) is 0 Å². The number of nitrogens with zero attached hydrogens (tertiary/aromatic N) is 1. The lowest BCUT2D eigenvalue weighted by Gasteiger charge is -2.08. The van der Waals surface area contributed by atoms with Crippen LogP contribution in [0.4, 0.5) is 0 Å². The fraction of sp³-hybridized carbons (Fsp3) is 0.429. The SMILES string of the molecule is CCCCCCn1c(=O)[nH]c(=O)c2ccccc21. The molecule has 0 aliphatic heterocycles. The Morgan fingerprint density at radius 1 is 1.11 bits per heavy atom. The molecule has 0 bridgehead atoms. The number of hydrogen-bond acceptors (Lipinski definition) is 2. The molecule has 0 fully saturated rings. The Kier molecular flexibility index (Phi) is 3.97. The van der Waals surface area contributed by atoms with Crippen molar-refractivity contribution >= 4 is 10.9 Å². The van der Waals surface area contributed by atoms with Gasteiger partial charge in [-0.15, -0.1) is 0 Å². The van der Waals surface area contributed by atoms with Gasteiger partial charge in [-0.1, -0.05) is 38.3 Å². The van der Waals surface area contributed by atoms with Gasteiger partial charge in [0.2, 0.25) is 0 Å². The fourth-order valence-electron chi connectivity index (χ4n) is 2.16. The summed E-state index contributed by atoms with van der Waals surface area (Å²) in [5.41, 5.74) is 0.110. The smallest absolute Gasteiger partial charge is 0.293 e. The first-order chi connectivity index (χ1) is 8.74. The molecule has 1 aromatic heterocycles. The molecule has 0 amide bonds. The van der Waals surface area contributed by atoms with Crippen LogP contribution in [-0.4, -0.2) is 9.55 Å². The Morgan fingerprint density at radius 2 is 1.89 bits per heavy atom. The highest BCUT2D eigenvalue weighted by Gasteiger charge is 2.05. The number of nitrogens with one attached hydrogen (secondary N) is 1. The quantitative estimate of drug-likeness (QED) is 0.823. The van der Waals surface area contributed by atoms with Gasteiger partial charge in [0.05, 0.1) is 10.9 Å². The van der Waals surface area contributed by atoms with E-state index >= 15 is 0 Å². The lowest BCUT2D eigenvalue weighted by molar-refractivity contribution is 0.574. The molecule has 2 aromatic rings. The predicted octanol–water partition coefficient (Wildman–Crippen LogP) is 2.27. The summed E-state index contributed by atoms with van der Waals surface area (Å²) in [6.07, 6.45) is 4.41. The molecule has 1 aromatic carbocycles. The third-order valence-electron chi connectivity index (χ3n) is 3.14. The number of fused-ring (bicyclic) bond motifs is 1. The second kappa shape index (κ2) is 5.67. The van der Waals surface area contributed by atoms with E-state index in [1.54, 1.807) is 10.6 Å². The van der Waals surface area contributed by atoms with Crippen molar-refractivity contribution in [3.05, 3.63) is 45.1 Å². The van der Waals surface area contributed by atoms with Crippen LogP contribution in [-0.2, 0) is 6.54 Å². The first-order valence-electron chi connectivity index (χ1n) is 6.46. The lowest BCUT2D eigenvalue weighted by Crippen LogP contribution is -2.30. The summed E-state index contributed by atoms with van der Waals surface area (Å²) < 4.78 is 1.66. The highest BCUT2D eigenvalue weighted by atomic mass is 16.2. The van der Waals surface area contributed by atoms with Crippen LogP contribution in [0.1, 0.15) is 32.6 Å². The summed E-state index contributed by atoms with van der Waals surface area (Å²) in [7, 11) is 0. The zero-order chi connectivity index (χ0) is 13.0. The van der Waals surface area contributed by atoms with Crippen LogP contribution in [0.25, 0.3) is 10.9 Å². The average molecular weight is 246 g/mol. The van der Waals surface area contributed by atoms with E-state index in [2.05, 4.69) is 11.9 Å². The van der Waals surface area contributed by atoms with Gasteiger partial charge >= 0.3 is 5.69 Å². The number of aromatic amines is 1. The topological polar surface area (TPSA) is 54.9 Å². The second-order valence-electron chi connectivity index (χ2n) is 4.49. The van der Waals surface area contributed by atoms with Gasteiger partial charge in [0, 0.05) is 6.54 Å². The third kappa shape index (κ3) is 2.53. The minimum Gasteiger partial charge on any atom is -0.293 e. The van der Waals surface area contributed by atoms with Crippen LogP contribution in [0, 0.1) is 0 Å². The molecule has 2 rings (SSSR count). The molecule has 0 spiro atoms. The Balaban J connectivity index is 2.37. The largest absolute Gasteiger partial charge is 0.328 e. The van der Waals surface area contributed by atoms with Crippen LogP contribution >= 0.6 is 0 Å². The van der Waals surface area contributed by atoms with Gasteiger partial charge in [0.25, 0.3) is 5.56 Å². The lowest BCUT2D eigenvalue weighted by atomic mass is 10.2. The van der Waals surface area contributed by atoms with Gasteiger partial charge in [-0.2, -0.15) is 0 Å². The molecular weight excluding hydrogens is 228 g/mol. The first-order valence-corrected chi connectivity index (χ1v) is 6.46. The summed E-state index contributed by atoms with van der Waals surface area (Å²) in [5, 5.41) is 0.576. The first kappa shape index (κ1) is 12.6. The standard InChI is InChI=1S/C14H18N2O2/c1-2-3-4-7-10-16-12-9-6-5-8-11(12)13(17)15-14(16)18/h5-6,8-9H,2-4,7,10H2,1H3,(H,15,17,18). The Hall–Kier alpha value is -1.84. The van der Waals surface area contributed by atoms with Crippen molar-refractivity contribution in [3.8, 4) is 0 Å². The number of para-hydroxylation sites is 1. The highest BCUT2D eigenvalue weighted by Crippen LogP contribution is 2.08. The van der Waals surface area contributed by atoms with Crippen molar-refractivity contribution < 1.29 is 0 Å². The van der Waals surface area contributed by atoms with Crippen molar-refractivity contribution in [2.45, 2.75) is 39.2 Å². The normalized spacial score (nSPS) is 10.9. The van der Waals surface area contributed by atoms with Crippen molar-refractivity contribution in [3.63, 3.8) is 0 Å². The number of hydrogen-bond donors (Lipinski definition) is 1. The number of H-pyrrole nitrogens is 1. The zero-order valence-corrected chi connectivity index (χ0v) is 10.6. The van der Waals surface area contributed by atoms with E-state index in [-0.39, 0.29) is 11.2 Å². The number of rotatable bonds is 5. The van der Waals surface area contributed by atoms with Gasteiger partial charge < -0.3 is 0 Å². The summed E-state index contributed by atoms with van der Waals surface area (Å²) in [6, 6.07) is 7.23. The number of benzene rings is 1. The maximum absolute atomic E-state index is 11.8. The molecule has 0 saturated carbocycles. The molecule has 1 heterocycles. The van der Waals surface area contributed by atoms with Crippen molar-refractivity contribution in [2.75, 3.05) is 0 Å². The molecule has 96 valence electrons. The number of aryl methyl sites for hydroxylation is 1. The monoisotopic (exact) mass is 246 g/mol. The number of unbranched alkanes of at least 4 members (excludes halogenated alkanes) is 3. The van der Waals surface area contributed by atoms with E-state index in [4.69, 9.17) is 0 Å². The van der Waals surface area contributed by atoms with E-state index in [0.717, 1.165) is 18.4 Å². The summed E-state index contributed by atoms with van der Waals surface area (Å²) >= 11 is 0. The molecule has 1 N–H and O–H groups in total. The number of aromatic nitrogens is 2. The molecule has 0 aliphatic rings. The van der Waals surface area contributed by atoms with Gasteiger partial charge in [-0.25, -0.2) is 4.79 Å². The molecule has 4 heteroatoms. The second-order valence-corrected chi connectivity index (χ2v) is 4.49. The van der Waals surface area contributed by atoms with Crippen LogP contribution in [0.5, 0.6) is 0 Å². The van der Waals surface area contributed by atoms with Crippen LogP contribution in [0.15, 0.2) is 33.9 Å². The maximum Gasteiger partial charge on any atom is 0.328 e. The van der Waals surface area contributed by atoms with Gasteiger partial charge in [-0.05, 0) is 18.6 Å². The maximum atomic E-state index is 11.8. The zero-order valence-electron chi connectivity index (χ0n) is 10.6. The average Bonchev–Trinajstić information content (AvgIpc) is 2.38. The molecule has 18 heavy (non-hydrogen) atoms. The minimum atomic E-state index is -0.310. The predicted molar refractivity (Wildman–Crippen MR) is 73.0 cm³/mol. The summed E-state index contributed by atoms with van der Waals surface area (Å²) in [4.78, 5) is 25.9. The Labute approximate surface area is 105 Å². The molecule has 0 unspecified atom stereocenters. The van der Waals surface area contributed by atoms with Crippen molar-refractivity contribution in [1.29, 1.82) is 0 Å². The van der Waals surface area contributed by atoms with Gasteiger partial charge in [0.15, 0.2) is 0 Å². The minimum absolute atomic E-state index is 0.305. The van der Waals surface area contributed by atoms with E-state index in [0.29, 0.717) is 11.9 Å². The van der Waals surface area contributed by atoms with E-state index in [1.807, 2.05) is 18.2 Å². The molecule has 0 aliphatic carbocycles. The van der Waals surface area contributed by atoms with Crippen LogP contribution < -0.4 is 11.2 Å². The van der Waals surface area contributed by atoms with Crippen molar-refractivity contribution in [1.82, 2.24) is 9.55 Å². The summed E-state index contributed by atoms with van der Waals surface area (Å²) in [5.74, 6) is 0. The van der Waals surface area contributed by atoms with Gasteiger partial charge in [0.1, 0.15) is 0 Å². The molecule has 0 saturated heterocycles. The molecule has 0 radical (unpaired) electrons. The fourth-order valence-corrected chi connectivity index (χ4v) is 2.16. The van der Waals surface area contributed by atoms with E-state index in [1.165, 1.54) is 12.8 Å². The van der Waals surface area contributed by atoms with E-state index < -0.39 is 0 Å². The van der Waals surface area contributed by atoms with Gasteiger partial charge in [-0.3, -0.25) is 14.3 Å². The highest BCUT2D eigenvalue weighted by molar-refractivity contribution is 5.77. The molecule has 0 atom stereocenters. The molecule has 4 nitrogen and oxygen atoms in total. The Morgan fingerprint density at radius 3 is 2.67 bits per heavy atom. The molecular formula is C14H18N2O2. The van der Waals surface area contributed by atoms with E-state index in [9.17, 15) is 9.59 Å². The Bertz CT molecular complexity index is 640. The van der Waals surface area contributed by atoms with Crippen LogP contribution in [0.2, 0.25) is 0 Å². The third-order valence-corrected chi connectivity index (χ3v) is 3.14. The van der Waals surface area contributed by atoms with Crippen LogP contribution in [0.3, 0.4) is 0 Å².